The maximum atomic E-state index is 10.6. The number of hydrogen-bond acceptors (Lipinski definition) is 2. The van der Waals surface area contributed by atoms with Crippen molar-refractivity contribution in [2.24, 2.45) is 5.92 Å². The molecule has 0 aliphatic rings. The molecule has 0 saturated carbocycles. The molecule has 0 spiro atoms. The van der Waals surface area contributed by atoms with Crippen LogP contribution in [0.25, 0.3) is 0 Å². The van der Waals surface area contributed by atoms with E-state index in [1.165, 1.54) is 18.9 Å². The van der Waals surface area contributed by atoms with E-state index in [9.17, 15) is 4.79 Å². The molecule has 0 aromatic heterocycles. The van der Waals surface area contributed by atoms with Crippen LogP contribution >= 0.6 is 0 Å². The molecule has 87 valence electrons. The summed E-state index contributed by atoms with van der Waals surface area (Å²) in [7, 11) is 0. The SMILES string of the molecule is C=CC(=O)OCCCCCC(C)C.[CH3][Sn]. The van der Waals surface area contributed by atoms with E-state index in [-0.39, 0.29) is 5.97 Å². The van der Waals surface area contributed by atoms with E-state index >= 15 is 0 Å². The van der Waals surface area contributed by atoms with Crippen molar-refractivity contribution in [3.8, 4) is 0 Å². The van der Waals surface area contributed by atoms with Crippen LogP contribution < -0.4 is 0 Å². The Bertz CT molecular complexity index is 156. The van der Waals surface area contributed by atoms with E-state index in [0.717, 1.165) is 18.8 Å². The van der Waals surface area contributed by atoms with Crippen LogP contribution in [0.1, 0.15) is 39.5 Å². The van der Waals surface area contributed by atoms with Crippen molar-refractivity contribution in [1.82, 2.24) is 0 Å². The van der Waals surface area contributed by atoms with Crippen molar-refractivity contribution in [2.45, 2.75) is 44.5 Å². The van der Waals surface area contributed by atoms with Gasteiger partial charge in [-0.2, -0.15) is 0 Å². The average Bonchev–Trinajstić information content (AvgIpc) is 2.25. The summed E-state index contributed by atoms with van der Waals surface area (Å²) in [4.78, 5) is 12.7. The molecule has 0 bridgehead atoms. The Balaban J connectivity index is 0. The third kappa shape index (κ3) is 16.7. The average molecular weight is 318 g/mol. The maximum absolute atomic E-state index is 10.6. The molecule has 0 aliphatic heterocycles. The van der Waals surface area contributed by atoms with Gasteiger partial charge in [-0.25, -0.2) is 4.79 Å². The molecular formula is C12H23O2Sn. The fourth-order valence-corrected chi connectivity index (χ4v) is 1.06. The molecule has 3 radical (unpaired) electrons. The zero-order valence-corrected chi connectivity index (χ0v) is 13.1. The van der Waals surface area contributed by atoms with Crippen molar-refractivity contribution in [3.05, 3.63) is 12.7 Å². The summed E-state index contributed by atoms with van der Waals surface area (Å²) in [5.74, 6) is 0.458. The number of carbonyl (C=O) groups is 1. The first-order valence-corrected chi connectivity index (χ1v) is 8.31. The second-order valence-corrected chi connectivity index (χ2v) is 3.61. The molecule has 0 rings (SSSR count). The van der Waals surface area contributed by atoms with Crippen molar-refractivity contribution >= 4 is 28.5 Å². The van der Waals surface area contributed by atoms with Crippen LogP contribution in [0.4, 0.5) is 0 Å². The van der Waals surface area contributed by atoms with Gasteiger partial charge in [0.2, 0.25) is 0 Å². The van der Waals surface area contributed by atoms with Gasteiger partial charge in [-0.05, 0) is 12.3 Å². The van der Waals surface area contributed by atoms with Crippen molar-refractivity contribution in [2.75, 3.05) is 6.61 Å². The minimum absolute atomic E-state index is 0.316. The summed E-state index contributed by atoms with van der Waals surface area (Å²) < 4.78 is 4.84. The van der Waals surface area contributed by atoms with Gasteiger partial charge in [-0.3, -0.25) is 0 Å². The number of unbranched alkanes of at least 4 members (excludes halogenated alkanes) is 2. The van der Waals surface area contributed by atoms with E-state index in [2.05, 4.69) is 25.4 Å². The molecule has 0 fully saturated rings. The van der Waals surface area contributed by atoms with Gasteiger partial charge in [0.25, 0.3) is 0 Å². The second-order valence-electron chi connectivity index (χ2n) is 3.61. The molecular weight excluding hydrogens is 295 g/mol. The Kier molecular flexibility index (Phi) is 16.3. The number of ether oxygens (including phenoxy) is 1. The molecule has 0 saturated heterocycles. The van der Waals surface area contributed by atoms with Gasteiger partial charge in [-0.15, -0.1) is 0 Å². The fraction of sp³-hybridized carbons (Fsp3) is 0.750. The van der Waals surface area contributed by atoms with Crippen LogP contribution in [0.15, 0.2) is 12.7 Å². The number of rotatable bonds is 7. The summed E-state index contributed by atoms with van der Waals surface area (Å²) in [6.45, 7) is 8.29. The molecule has 0 aromatic rings. The number of hydrogen-bond donors (Lipinski definition) is 0. The van der Waals surface area contributed by atoms with Crippen LogP contribution in [0.2, 0.25) is 4.94 Å². The normalized spacial score (nSPS) is 9.13. The summed E-state index contributed by atoms with van der Waals surface area (Å²) >= 11 is 1.55. The molecule has 0 unspecified atom stereocenters. The second kappa shape index (κ2) is 14.0. The molecule has 2 nitrogen and oxygen atoms in total. The minimum atomic E-state index is -0.316. The van der Waals surface area contributed by atoms with Gasteiger partial charge in [-0.1, -0.05) is 39.7 Å². The fourth-order valence-electron chi connectivity index (χ4n) is 1.06. The van der Waals surface area contributed by atoms with E-state index in [1.54, 1.807) is 22.5 Å². The zero-order chi connectivity index (χ0) is 12.1. The Hall–Kier alpha value is 0.00870. The third-order valence-electron chi connectivity index (χ3n) is 1.84. The predicted molar refractivity (Wildman–Crippen MR) is 66.1 cm³/mol. The van der Waals surface area contributed by atoms with Crippen LogP contribution in [0.3, 0.4) is 0 Å². The quantitative estimate of drug-likeness (QED) is 0.312. The van der Waals surface area contributed by atoms with Crippen LogP contribution in [-0.4, -0.2) is 35.1 Å². The van der Waals surface area contributed by atoms with E-state index < -0.39 is 0 Å². The van der Waals surface area contributed by atoms with Gasteiger partial charge in [0.1, 0.15) is 0 Å². The monoisotopic (exact) mass is 319 g/mol. The van der Waals surface area contributed by atoms with Gasteiger partial charge >= 0.3 is 33.4 Å². The molecule has 0 amide bonds. The first kappa shape index (κ1) is 17.4. The van der Waals surface area contributed by atoms with Gasteiger partial charge in [0.05, 0.1) is 6.61 Å². The van der Waals surface area contributed by atoms with Crippen LogP contribution in [0, 0.1) is 5.92 Å². The Morgan fingerprint density at radius 2 is 1.93 bits per heavy atom. The summed E-state index contributed by atoms with van der Waals surface area (Å²) in [5.41, 5.74) is 0. The predicted octanol–water partition coefficient (Wildman–Crippen LogP) is 3.14. The molecule has 15 heavy (non-hydrogen) atoms. The van der Waals surface area contributed by atoms with E-state index in [0.29, 0.717) is 6.61 Å². The Labute approximate surface area is 108 Å². The van der Waals surface area contributed by atoms with Crippen LogP contribution in [0.5, 0.6) is 0 Å². The Morgan fingerprint density at radius 1 is 1.33 bits per heavy atom. The number of carbonyl (C=O) groups excluding carboxylic acids is 1. The summed E-state index contributed by atoms with van der Waals surface area (Å²) in [5, 5.41) is 0. The third-order valence-corrected chi connectivity index (χ3v) is 1.84. The summed E-state index contributed by atoms with van der Waals surface area (Å²) in [6, 6.07) is 0. The van der Waals surface area contributed by atoms with E-state index in [1.807, 2.05) is 0 Å². The first-order chi connectivity index (χ1) is 7.16. The molecule has 0 atom stereocenters. The van der Waals surface area contributed by atoms with Gasteiger partial charge in [0, 0.05) is 6.08 Å². The van der Waals surface area contributed by atoms with Crippen molar-refractivity contribution in [1.29, 1.82) is 0 Å². The topological polar surface area (TPSA) is 26.3 Å². The zero-order valence-electron chi connectivity index (χ0n) is 10.2. The summed E-state index contributed by atoms with van der Waals surface area (Å²) in [6.07, 6.45) is 5.79. The first-order valence-electron chi connectivity index (χ1n) is 5.46. The van der Waals surface area contributed by atoms with Gasteiger partial charge in [0.15, 0.2) is 0 Å². The molecule has 0 N–H and O–H groups in total. The molecule has 3 heteroatoms. The van der Waals surface area contributed by atoms with E-state index in [4.69, 9.17) is 4.74 Å². The molecule has 0 aliphatic carbocycles. The molecule has 0 aromatic carbocycles. The Morgan fingerprint density at radius 3 is 2.40 bits per heavy atom. The van der Waals surface area contributed by atoms with Crippen LogP contribution in [-0.2, 0) is 9.53 Å². The number of esters is 1. The van der Waals surface area contributed by atoms with Crippen molar-refractivity contribution in [3.63, 3.8) is 0 Å². The van der Waals surface area contributed by atoms with Gasteiger partial charge < -0.3 is 4.74 Å². The van der Waals surface area contributed by atoms with Crippen molar-refractivity contribution < 1.29 is 9.53 Å². The molecule has 0 heterocycles. The standard InChI is InChI=1S/C11H20O2.CH3.Sn/c1-4-11(12)13-9-7-5-6-8-10(2)3;;/h4,10H,1,5-9H2,2-3H3;1H3;.